The normalized spacial score (nSPS) is 40.2. The monoisotopic (exact) mass is 372 g/mol. The Kier molecular flexibility index (Phi) is 4.38. The van der Waals surface area contributed by atoms with Gasteiger partial charge in [0.2, 0.25) is 0 Å². The second-order valence-electron chi connectivity index (χ2n) is 10.2. The van der Waals surface area contributed by atoms with E-state index in [4.69, 9.17) is 11.6 Å². The van der Waals surface area contributed by atoms with Gasteiger partial charge in [0.1, 0.15) is 0 Å². The molecule has 4 bridgehead atoms. The lowest BCUT2D eigenvalue weighted by Crippen LogP contribution is -2.58. The van der Waals surface area contributed by atoms with Gasteiger partial charge in [-0.15, -0.1) is 0 Å². The summed E-state index contributed by atoms with van der Waals surface area (Å²) in [7, 11) is 2.26. The molecule has 5 fully saturated rings. The maximum atomic E-state index is 6.18. The Morgan fingerprint density at radius 2 is 1.69 bits per heavy atom. The Bertz CT molecular complexity index is 633. The first kappa shape index (κ1) is 17.5. The number of nitrogens with zero attached hydrogens (tertiary/aromatic N) is 1. The summed E-state index contributed by atoms with van der Waals surface area (Å²) >= 11 is 6.18. The zero-order valence-electron chi connectivity index (χ0n) is 16.1. The number of hydrogen-bond acceptors (Lipinski definition) is 2. The van der Waals surface area contributed by atoms with E-state index in [-0.39, 0.29) is 0 Å². The third-order valence-corrected chi connectivity index (χ3v) is 8.38. The Morgan fingerprint density at radius 1 is 1.04 bits per heavy atom. The Balaban J connectivity index is 1.34. The van der Waals surface area contributed by atoms with E-state index in [1.807, 2.05) is 0 Å². The van der Waals surface area contributed by atoms with E-state index in [1.54, 1.807) is 5.56 Å². The molecule has 3 heteroatoms. The Hall–Kier alpha value is -0.570. The van der Waals surface area contributed by atoms with Gasteiger partial charge in [-0.25, -0.2) is 0 Å². The number of nitrogens with one attached hydrogen (secondary N) is 1. The van der Waals surface area contributed by atoms with E-state index in [0.29, 0.717) is 10.8 Å². The van der Waals surface area contributed by atoms with Gasteiger partial charge < -0.3 is 10.2 Å². The van der Waals surface area contributed by atoms with Gasteiger partial charge in [0.05, 0.1) is 0 Å². The van der Waals surface area contributed by atoms with Gasteiger partial charge >= 0.3 is 0 Å². The van der Waals surface area contributed by atoms with Crippen LogP contribution in [0.2, 0.25) is 5.02 Å². The smallest absolute Gasteiger partial charge is 0.0406 e. The first-order valence-corrected chi connectivity index (χ1v) is 11.1. The number of rotatable bonds is 4. The lowest BCUT2D eigenvalue weighted by atomic mass is 9.43. The van der Waals surface area contributed by atoms with Crippen LogP contribution < -0.4 is 5.32 Å². The number of hydrogen-bond donors (Lipinski definition) is 1. The van der Waals surface area contributed by atoms with Gasteiger partial charge in [-0.1, -0.05) is 23.7 Å². The molecule has 0 aromatic heterocycles. The fourth-order valence-corrected chi connectivity index (χ4v) is 7.50. The van der Waals surface area contributed by atoms with Gasteiger partial charge in [-0.2, -0.15) is 0 Å². The van der Waals surface area contributed by atoms with Crippen molar-refractivity contribution in [2.75, 3.05) is 26.7 Å². The molecule has 6 rings (SSSR count). The molecule has 0 radical (unpaired) electrons. The van der Waals surface area contributed by atoms with Gasteiger partial charge in [0.15, 0.2) is 0 Å². The number of benzene rings is 1. The van der Waals surface area contributed by atoms with Crippen LogP contribution >= 0.6 is 11.6 Å². The van der Waals surface area contributed by atoms with Crippen molar-refractivity contribution >= 4 is 11.6 Å². The van der Waals surface area contributed by atoms with Crippen molar-refractivity contribution in [2.24, 2.45) is 17.3 Å². The van der Waals surface area contributed by atoms with Crippen LogP contribution in [-0.4, -0.2) is 37.6 Å². The van der Waals surface area contributed by atoms with Crippen molar-refractivity contribution < 1.29 is 0 Å². The summed E-state index contributed by atoms with van der Waals surface area (Å²) in [5.41, 5.74) is 2.55. The Morgan fingerprint density at radius 3 is 2.35 bits per heavy atom. The highest BCUT2D eigenvalue weighted by Gasteiger charge is 2.57. The summed E-state index contributed by atoms with van der Waals surface area (Å²) in [6.07, 6.45) is 11.3. The second kappa shape index (κ2) is 6.50. The summed E-state index contributed by atoms with van der Waals surface area (Å²) in [6, 6.07) is 9.62. The van der Waals surface area contributed by atoms with Gasteiger partial charge in [-0.3, -0.25) is 0 Å². The summed E-state index contributed by atoms with van der Waals surface area (Å²) in [5.74, 6) is 1.90. The number of piperidine rings is 1. The van der Waals surface area contributed by atoms with Gasteiger partial charge in [0, 0.05) is 17.6 Å². The molecule has 4 saturated carbocycles. The van der Waals surface area contributed by atoms with Crippen molar-refractivity contribution in [1.29, 1.82) is 0 Å². The molecular formula is C23H33ClN2. The average Bonchev–Trinajstić information content (AvgIpc) is 2.61. The number of halogens is 1. The maximum absolute atomic E-state index is 6.18. The predicted octanol–water partition coefficient (Wildman–Crippen LogP) is 4.86. The summed E-state index contributed by atoms with van der Waals surface area (Å²) in [5, 5.41) is 4.90. The molecule has 1 heterocycles. The fourth-order valence-electron chi connectivity index (χ4n) is 7.37. The van der Waals surface area contributed by atoms with Gasteiger partial charge in [0.25, 0.3) is 0 Å². The third-order valence-electron chi connectivity index (χ3n) is 8.12. The zero-order valence-corrected chi connectivity index (χ0v) is 16.9. The molecule has 1 aromatic rings. The average molecular weight is 373 g/mol. The zero-order chi connectivity index (χ0) is 17.8. The molecule has 2 unspecified atom stereocenters. The maximum Gasteiger partial charge on any atom is 0.0406 e. The topological polar surface area (TPSA) is 15.3 Å². The van der Waals surface area contributed by atoms with E-state index in [1.165, 1.54) is 71.0 Å². The third kappa shape index (κ3) is 3.12. The molecule has 4 aliphatic carbocycles. The molecule has 2 nitrogen and oxygen atoms in total. The number of likely N-dealkylation sites (tertiary alicyclic amines) is 1. The highest BCUT2D eigenvalue weighted by molar-refractivity contribution is 6.30. The summed E-state index contributed by atoms with van der Waals surface area (Å²) in [6.45, 7) is 3.76. The molecule has 1 saturated heterocycles. The van der Waals surface area contributed by atoms with Crippen molar-refractivity contribution in [3.8, 4) is 0 Å². The van der Waals surface area contributed by atoms with Crippen LogP contribution in [0, 0.1) is 17.3 Å². The molecule has 142 valence electrons. The minimum atomic E-state index is 0.434. The van der Waals surface area contributed by atoms with E-state index < -0.39 is 0 Å². The van der Waals surface area contributed by atoms with Crippen molar-refractivity contribution in [2.45, 2.75) is 62.8 Å². The molecule has 26 heavy (non-hydrogen) atoms. The molecule has 2 atom stereocenters. The summed E-state index contributed by atoms with van der Waals surface area (Å²) < 4.78 is 0. The molecule has 1 N–H and O–H groups in total. The molecule has 5 aliphatic rings. The molecule has 0 spiro atoms. The minimum absolute atomic E-state index is 0.434. The van der Waals surface area contributed by atoms with Crippen molar-refractivity contribution in [3.05, 3.63) is 34.9 Å². The highest BCUT2D eigenvalue weighted by Crippen LogP contribution is 2.65. The summed E-state index contributed by atoms with van der Waals surface area (Å²) in [4.78, 5) is 2.47. The van der Waals surface area contributed by atoms with E-state index in [0.717, 1.165) is 22.9 Å². The molecular weight excluding hydrogens is 340 g/mol. The van der Waals surface area contributed by atoms with E-state index in [9.17, 15) is 0 Å². The first-order chi connectivity index (χ1) is 12.5. The van der Waals surface area contributed by atoms with Crippen LogP contribution in [0.15, 0.2) is 24.3 Å². The van der Waals surface area contributed by atoms with Crippen LogP contribution in [0.5, 0.6) is 0 Å². The van der Waals surface area contributed by atoms with Crippen molar-refractivity contribution in [1.82, 2.24) is 10.2 Å². The quantitative estimate of drug-likeness (QED) is 0.811. The second-order valence-corrected chi connectivity index (χ2v) is 10.6. The standard InChI is InChI=1S/C23H33ClN2/c1-26-8-6-21(7-9-26)25-16-22-11-17-10-18(12-22)14-23(13-17,15-22)19-2-4-20(24)5-3-19/h2-5,17-18,21,25H,6-16H2,1H3. The van der Waals surface area contributed by atoms with Crippen molar-refractivity contribution in [3.63, 3.8) is 0 Å². The SMILES string of the molecule is CN1CCC(NCC23CC4CC(C2)CC(c2ccc(Cl)cc2)(C4)C3)CC1. The van der Waals surface area contributed by atoms with Gasteiger partial charge in [-0.05, 0) is 112 Å². The first-order valence-electron chi connectivity index (χ1n) is 10.7. The van der Waals surface area contributed by atoms with E-state index in [2.05, 4.69) is 41.5 Å². The minimum Gasteiger partial charge on any atom is -0.313 e. The van der Waals surface area contributed by atoms with Crippen LogP contribution in [0.4, 0.5) is 0 Å². The highest BCUT2D eigenvalue weighted by atomic mass is 35.5. The van der Waals surface area contributed by atoms with Crippen LogP contribution in [0.1, 0.15) is 56.9 Å². The lowest BCUT2D eigenvalue weighted by Gasteiger charge is -2.63. The predicted molar refractivity (Wildman–Crippen MR) is 109 cm³/mol. The van der Waals surface area contributed by atoms with E-state index >= 15 is 0 Å². The van der Waals surface area contributed by atoms with Crippen LogP contribution in [0.3, 0.4) is 0 Å². The molecule has 1 aromatic carbocycles. The molecule has 1 aliphatic heterocycles. The Labute approximate surface area is 163 Å². The van der Waals surface area contributed by atoms with Crippen LogP contribution in [0.25, 0.3) is 0 Å². The molecule has 0 amide bonds. The van der Waals surface area contributed by atoms with Crippen LogP contribution in [-0.2, 0) is 5.41 Å². The largest absolute Gasteiger partial charge is 0.313 e. The fraction of sp³-hybridized carbons (Fsp3) is 0.739. The lowest BCUT2D eigenvalue weighted by molar-refractivity contribution is -0.0722.